The second-order valence-corrected chi connectivity index (χ2v) is 4.82. The lowest BCUT2D eigenvalue weighted by Crippen LogP contribution is -2.28. The highest BCUT2D eigenvalue weighted by Crippen LogP contribution is 2.39. The monoisotopic (exact) mass is 269 g/mol. The Morgan fingerprint density at radius 3 is 2.80 bits per heavy atom. The molecule has 1 aliphatic carbocycles. The first-order valence-electron chi connectivity index (χ1n) is 6.59. The summed E-state index contributed by atoms with van der Waals surface area (Å²) in [6, 6.07) is 9.15. The SMILES string of the molecule is C=CC(=O)NC(c1ccccc1)c1noc(C2CC2)n1. The maximum atomic E-state index is 11.6. The van der Waals surface area contributed by atoms with Crippen LogP contribution in [0.2, 0.25) is 0 Å². The molecule has 1 aromatic heterocycles. The normalized spacial score (nSPS) is 15.6. The second-order valence-electron chi connectivity index (χ2n) is 4.82. The lowest BCUT2D eigenvalue weighted by Gasteiger charge is -2.14. The first-order chi connectivity index (χ1) is 9.78. The van der Waals surface area contributed by atoms with Gasteiger partial charge in [0.05, 0.1) is 0 Å². The first-order valence-corrected chi connectivity index (χ1v) is 6.59. The molecule has 0 aliphatic heterocycles. The van der Waals surface area contributed by atoms with E-state index in [2.05, 4.69) is 22.0 Å². The molecule has 1 atom stereocenters. The van der Waals surface area contributed by atoms with Crippen LogP contribution < -0.4 is 5.32 Å². The van der Waals surface area contributed by atoms with Crippen LogP contribution in [-0.2, 0) is 4.79 Å². The lowest BCUT2D eigenvalue weighted by atomic mass is 10.1. The third-order valence-electron chi connectivity index (χ3n) is 3.25. The van der Waals surface area contributed by atoms with Crippen molar-refractivity contribution < 1.29 is 9.32 Å². The molecule has 5 nitrogen and oxygen atoms in total. The molecule has 0 radical (unpaired) electrons. The summed E-state index contributed by atoms with van der Waals surface area (Å²) >= 11 is 0. The minimum atomic E-state index is -0.419. The molecule has 1 unspecified atom stereocenters. The van der Waals surface area contributed by atoms with Gasteiger partial charge in [-0.25, -0.2) is 0 Å². The van der Waals surface area contributed by atoms with E-state index >= 15 is 0 Å². The Bertz CT molecular complexity index is 617. The van der Waals surface area contributed by atoms with Gasteiger partial charge in [0.15, 0.2) is 5.82 Å². The highest BCUT2D eigenvalue weighted by atomic mass is 16.5. The Morgan fingerprint density at radius 1 is 1.40 bits per heavy atom. The molecule has 1 heterocycles. The number of nitrogens with zero attached hydrogens (tertiary/aromatic N) is 2. The number of amides is 1. The summed E-state index contributed by atoms with van der Waals surface area (Å²) in [5.41, 5.74) is 0.908. The molecular formula is C15H15N3O2. The van der Waals surface area contributed by atoms with Gasteiger partial charge in [0, 0.05) is 5.92 Å². The molecule has 3 rings (SSSR count). The van der Waals surface area contributed by atoms with Crippen molar-refractivity contribution in [2.24, 2.45) is 0 Å². The number of nitrogens with one attached hydrogen (secondary N) is 1. The van der Waals surface area contributed by atoms with Gasteiger partial charge < -0.3 is 9.84 Å². The van der Waals surface area contributed by atoms with E-state index in [4.69, 9.17) is 4.52 Å². The molecule has 0 spiro atoms. The van der Waals surface area contributed by atoms with Crippen molar-refractivity contribution in [3.05, 3.63) is 60.3 Å². The summed E-state index contributed by atoms with van der Waals surface area (Å²) in [5, 5.41) is 6.84. The zero-order valence-electron chi connectivity index (χ0n) is 11.0. The van der Waals surface area contributed by atoms with Gasteiger partial charge in [-0.1, -0.05) is 42.1 Å². The molecule has 1 amide bonds. The number of aromatic nitrogens is 2. The predicted octanol–water partition coefficient (Wildman–Crippen LogP) is 2.34. The number of hydrogen-bond acceptors (Lipinski definition) is 4. The van der Waals surface area contributed by atoms with Crippen molar-refractivity contribution >= 4 is 5.91 Å². The van der Waals surface area contributed by atoms with Gasteiger partial charge in [0.1, 0.15) is 6.04 Å². The molecule has 1 saturated carbocycles. The van der Waals surface area contributed by atoms with E-state index in [1.165, 1.54) is 6.08 Å². The molecule has 1 aliphatic rings. The minimum Gasteiger partial charge on any atom is -0.339 e. The van der Waals surface area contributed by atoms with Gasteiger partial charge in [-0.2, -0.15) is 4.98 Å². The Balaban J connectivity index is 1.90. The maximum Gasteiger partial charge on any atom is 0.244 e. The summed E-state index contributed by atoms with van der Waals surface area (Å²) in [4.78, 5) is 16.0. The highest BCUT2D eigenvalue weighted by molar-refractivity contribution is 5.87. The van der Waals surface area contributed by atoms with Crippen LogP contribution in [0.25, 0.3) is 0 Å². The van der Waals surface area contributed by atoms with E-state index < -0.39 is 6.04 Å². The molecular weight excluding hydrogens is 254 g/mol. The van der Waals surface area contributed by atoms with Crippen LogP contribution in [0.3, 0.4) is 0 Å². The van der Waals surface area contributed by atoms with E-state index in [0.29, 0.717) is 17.6 Å². The predicted molar refractivity (Wildman–Crippen MR) is 72.9 cm³/mol. The van der Waals surface area contributed by atoms with Gasteiger partial charge in [0.25, 0.3) is 0 Å². The maximum absolute atomic E-state index is 11.6. The summed E-state index contributed by atoms with van der Waals surface area (Å²) in [7, 11) is 0. The number of rotatable bonds is 5. The molecule has 2 aromatic rings. The summed E-state index contributed by atoms with van der Waals surface area (Å²) in [6.45, 7) is 3.47. The fraction of sp³-hybridized carbons (Fsp3) is 0.267. The van der Waals surface area contributed by atoms with E-state index in [0.717, 1.165) is 18.4 Å². The lowest BCUT2D eigenvalue weighted by molar-refractivity contribution is -0.117. The van der Waals surface area contributed by atoms with Crippen LogP contribution in [0.5, 0.6) is 0 Å². The highest BCUT2D eigenvalue weighted by Gasteiger charge is 2.31. The molecule has 102 valence electrons. The average Bonchev–Trinajstić information content (AvgIpc) is 3.23. The third kappa shape index (κ3) is 2.61. The molecule has 1 aromatic carbocycles. The number of hydrogen-bond donors (Lipinski definition) is 1. The van der Waals surface area contributed by atoms with Crippen LogP contribution in [0.1, 0.15) is 42.1 Å². The Hall–Kier alpha value is -2.43. The van der Waals surface area contributed by atoms with Gasteiger partial charge in [-0.05, 0) is 24.5 Å². The second kappa shape index (κ2) is 5.28. The first kappa shape index (κ1) is 12.6. The van der Waals surface area contributed by atoms with Crippen LogP contribution in [0.15, 0.2) is 47.5 Å². The number of benzene rings is 1. The van der Waals surface area contributed by atoms with Gasteiger partial charge >= 0.3 is 0 Å². The van der Waals surface area contributed by atoms with Crippen molar-refractivity contribution in [3.8, 4) is 0 Å². The van der Waals surface area contributed by atoms with E-state index in [1.54, 1.807) is 0 Å². The van der Waals surface area contributed by atoms with Crippen LogP contribution in [-0.4, -0.2) is 16.0 Å². The van der Waals surface area contributed by atoms with Crippen LogP contribution >= 0.6 is 0 Å². The fourth-order valence-electron chi connectivity index (χ4n) is 2.00. The van der Waals surface area contributed by atoms with Gasteiger partial charge in [-0.3, -0.25) is 4.79 Å². The molecule has 5 heteroatoms. The van der Waals surface area contributed by atoms with E-state index in [-0.39, 0.29) is 5.91 Å². The summed E-state index contributed by atoms with van der Waals surface area (Å²) in [5.74, 6) is 1.27. The fourth-order valence-corrected chi connectivity index (χ4v) is 2.00. The van der Waals surface area contributed by atoms with Crippen LogP contribution in [0.4, 0.5) is 0 Å². The Morgan fingerprint density at radius 2 is 2.15 bits per heavy atom. The topological polar surface area (TPSA) is 68.0 Å². The van der Waals surface area contributed by atoms with Gasteiger partial charge in [0.2, 0.25) is 11.8 Å². The summed E-state index contributed by atoms with van der Waals surface area (Å²) < 4.78 is 5.27. The van der Waals surface area contributed by atoms with Gasteiger partial charge in [-0.15, -0.1) is 0 Å². The average molecular weight is 269 g/mol. The minimum absolute atomic E-state index is 0.267. The molecule has 20 heavy (non-hydrogen) atoms. The van der Waals surface area contributed by atoms with E-state index in [1.807, 2.05) is 30.3 Å². The smallest absolute Gasteiger partial charge is 0.244 e. The van der Waals surface area contributed by atoms with Crippen molar-refractivity contribution in [2.45, 2.75) is 24.8 Å². The Labute approximate surface area is 116 Å². The zero-order valence-corrected chi connectivity index (χ0v) is 11.0. The van der Waals surface area contributed by atoms with Crippen molar-refractivity contribution in [1.82, 2.24) is 15.5 Å². The van der Waals surface area contributed by atoms with Crippen molar-refractivity contribution in [1.29, 1.82) is 0 Å². The molecule has 1 fully saturated rings. The zero-order chi connectivity index (χ0) is 13.9. The largest absolute Gasteiger partial charge is 0.339 e. The standard InChI is InChI=1S/C15H15N3O2/c1-2-12(19)16-13(10-6-4-3-5-7-10)14-17-15(20-18-14)11-8-9-11/h2-7,11,13H,1,8-9H2,(H,16,19). The number of carbonyl (C=O) groups is 1. The Kier molecular flexibility index (Phi) is 3.33. The third-order valence-corrected chi connectivity index (χ3v) is 3.25. The van der Waals surface area contributed by atoms with E-state index in [9.17, 15) is 4.79 Å². The molecule has 0 saturated heterocycles. The van der Waals surface area contributed by atoms with Crippen molar-refractivity contribution in [2.75, 3.05) is 0 Å². The number of carbonyl (C=O) groups excluding carboxylic acids is 1. The molecule has 0 bridgehead atoms. The molecule has 1 N–H and O–H groups in total. The van der Waals surface area contributed by atoms with Crippen molar-refractivity contribution in [3.63, 3.8) is 0 Å². The summed E-state index contributed by atoms with van der Waals surface area (Å²) in [6.07, 6.45) is 3.42. The van der Waals surface area contributed by atoms with Crippen LogP contribution in [0, 0.1) is 0 Å². The quantitative estimate of drug-likeness (QED) is 0.846.